The van der Waals surface area contributed by atoms with Gasteiger partial charge in [0.25, 0.3) is 0 Å². The lowest BCUT2D eigenvalue weighted by Crippen LogP contribution is -2.49. The van der Waals surface area contributed by atoms with Gasteiger partial charge in [0.15, 0.2) is 5.78 Å². The zero-order valence-corrected chi connectivity index (χ0v) is 12.9. The van der Waals surface area contributed by atoms with Gasteiger partial charge in [0, 0.05) is 24.7 Å². The van der Waals surface area contributed by atoms with Crippen LogP contribution in [0.4, 0.5) is 9.18 Å². The molecule has 0 fully saturated rings. The molecule has 1 N–H and O–H groups in total. The van der Waals surface area contributed by atoms with Crippen molar-refractivity contribution in [3.63, 3.8) is 0 Å². The van der Waals surface area contributed by atoms with Gasteiger partial charge in [-0.1, -0.05) is 26.0 Å². The minimum atomic E-state index is -0.497. The molecular formula is C17H19FN2O2. The number of amides is 2. The number of ketones is 1. The minimum Gasteiger partial charge on any atom is -0.327 e. The standard InChI is InChI=1S/C17H19FN2O2/c1-17(2)8-12-14(13(21)9-17)15(19-16(22)20(12)3)10-4-6-11(18)7-5-10/h4-7,15H,8-9H2,1-3H3,(H,19,22). The molecule has 0 radical (unpaired) electrons. The maximum atomic E-state index is 13.1. The highest BCUT2D eigenvalue weighted by Crippen LogP contribution is 2.43. The van der Waals surface area contributed by atoms with Gasteiger partial charge in [0.2, 0.25) is 0 Å². The van der Waals surface area contributed by atoms with Gasteiger partial charge in [0.05, 0.1) is 6.04 Å². The third kappa shape index (κ3) is 2.40. The van der Waals surface area contributed by atoms with Crippen molar-refractivity contribution in [1.82, 2.24) is 10.2 Å². The summed E-state index contributed by atoms with van der Waals surface area (Å²) in [7, 11) is 1.68. The SMILES string of the molecule is CN1C(=O)NC(c2ccc(F)cc2)C2=C1CC(C)(C)CC2=O. The van der Waals surface area contributed by atoms with Crippen molar-refractivity contribution < 1.29 is 14.0 Å². The molecule has 3 rings (SSSR count). The van der Waals surface area contributed by atoms with E-state index >= 15 is 0 Å². The van der Waals surface area contributed by atoms with Gasteiger partial charge >= 0.3 is 6.03 Å². The second-order valence-electron chi connectivity index (χ2n) is 6.79. The topological polar surface area (TPSA) is 49.4 Å². The Balaban J connectivity index is 2.11. The van der Waals surface area contributed by atoms with E-state index in [2.05, 4.69) is 5.32 Å². The van der Waals surface area contributed by atoms with Gasteiger partial charge < -0.3 is 10.2 Å². The number of hydrogen-bond donors (Lipinski definition) is 1. The van der Waals surface area contributed by atoms with Crippen LogP contribution in [0.25, 0.3) is 0 Å². The fourth-order valence-electron chi connectivity index (χ4n) is 3.25. The third-order valence-electron chi connectivity index (χ3n) is 4.37. The first kappa shape index (κ1) is 14.8. The van der Waals surface area contributed by atoms with Crippen molar-refractivity contribution in [2.75, 3.05) is 7.05 Å². The lowest BCUT2D eigenvalue weighted by atomic mass is 9.72. The van der Waals surface area contributed by atoms with E-state index in [9.17, 15) is 14.0 Å². The Hall–Kier alpha value is -2.17. The van der Waals surface area contributed by atoms with Crippen LogP contribution in [0.1, 0.15) is 38.3 Å². The van der Waals surface area contributed by atoms with Crippen molar-refractivity contribution in [2.45, 2.75) is 32.7 Å². The van der Waals surface area contributed by atoms with Crippen molar-refractivity contribution in [3.05, 3.63) is 46.9 Å². The molecule has 0 saturated heterocycles. The normalized spacial score (nSPS) is 24.2. The molecule has 1 unspecified atom stereocenters. The maximum absolute atomic E-state index is 13.1. The summed E-state index contributed by atoms with van der Waals surface area (Å²) in [5.74, 6) is -0.291. The molecule has 0 spiro atoms. The lowest BCUT2D eigenvalue weighted by Gasteiger charge is -2.42. The number of nitrogens with one attached hydrogen (secondary N) is 1. The van der Waals surface area contributed by atoms with Crippen molar-refractivity contribution in [3.8, 4) is 0 Å². The third-order valence-corrected chi connectivity index (χ3v) is 4.37. The molecule has 2 amide bonds. The monoisotopic (exact) mass is 302 g/mol. The van der Waals surface area contributed by atoms with Gasteiger partial charge in [0.1, 0.15) is 5.82 Å². The average Bonchev–Trinajstić information content (AvgIpc) is 2.43. The van der Waals surface area contributed by atoms with E-state index in [0.717, 1.165) is 11.3 Å². The smallest absolute Gasteiger partial charge is 0.322 e. The molecule has 1 aromatic carbocycles. The maximum Gasteiger partial charge on any atom is 0.322 e. The molecular weight excluding hydrogens is 283 g/mol. The zero-order chi connectivity index (χ0) is 16.1. The number of allylic oxidation sites excluding steroid dienone is 1. The van der Waals surface area contributed by atoms with Crippen LogP contribution in [0.3, 0.4) is 0 Å². The minimum absolute atomic E-state index is 0.0485. The molecule has 1 atom stereocenters. The number of carbonyl (C=O) groups excluding carboxylic acids is 2. The van der Waals surface area contributed by atoms with Gasteiger partial charge in [-0.05, 0) is 29.5 Å². The number of nitrogens with zero attached hydrogens (tertiary/aromatic N) is 1. The molecule has 1 aromatic rings. The molecule has 22 heavy (non-hydrogen) atoms. The van der Waals surface area contributed by atoms with Crippen LogP contribution in [0.15, 0.2) is 35.5 Å². The Kier molecular flexibility index (Phi) is 3.31. The molecule has 1 aliphatic carbocycles. The number of halogens is 1. The van der Waals surface area contributed by atoms with Crippen LogP contribution in [0.2, 0.25) is 0 Å². The van der Waals surface area contributed by atoms with Crippen molar-refractivity contribution in [2.24, 2.45) is 5.41 Å². The predicted molar refractivity (Wildman–Crippen MR) is 80.5 cm³/mol. The summed E-state index contributed by atoms with van der Waals surface area (Å²) < 4.78 is 13.1. The summed E-state index contributed by atoms with van der Waals surface area (Å²) >= 11 is 0. The highest BCUT2D eigenvalue weighted by Gasteiger charge is 2.42. The Morgan fingerprint density at radius 2 is 1.82 bits per heavy atom. The molecule has 0 saturated carbocycles. The van der Waals surface area contributed by atoms with Gasteiger partial charge in [-0.25, -0.2) is 9.18 Å². The number of urea groups is 1. The van der Waals surface area contributed by atoms with Crippen LogP contribution in [-0.4, -0.2) is 23.8 Å². The van der Waals surface area contributed by atoms with Crippen LogP contribution in [0.5, 0.6) is 0 Å². The van der Waals surface area contributed by atoms with E-state index in [0.29, 0.717) is 18.4 Å². The zero-order valence-electron chi connectivity index (χ0n) is 12.9. The number of hydrogen-bond acceptors (Lipinski definition) is 2. The quantitative estimate of drug-likeness (QED) is 0.866. The first-order valence-electron chi connectivity index (χ1n) is 7.34. The van der Waals surface area contributed by atoms with E-state index in [1.165, 1.54) is 17.0 Å². The fraction of sp³-hybridized carbons (Fsp3) is 0.412. The summed E-state index contributed by atoms with van der Waals surface area (Å²) in [5.41, 5.74) is 1.98. The predicted octanol–water partition coefficient (Wildman–Crippen LogP) is 3.17. The van der Waals surface area contributed by atoms with Crippen molar-refractivity contribution in [1.29, 1.82) is 0 Å². The highest BCUT2D eigenvalue weighted by atomic mass is 19.1. The van der Waals surface area contributed by atoms with E-state index in [1.807, 2.05) is 13.8 Å². The Bertz CT molecular complexity index is 676. The molecule has 2 aliphatic rings. The lowest BCUT2D eigenvalue weighted by molar-refractivity contribution is -0.118. The number of carbonyl (C=O) groups is 2. The Morgan fingerprint density at radius 3 is 2.45 bits per heavy atom. The molecule has 4 nitrogen and oxygen atoms in total. The van der Waals surface area contributed by atoms with E-state index in [-0.39, 0.29) is 23.0 Å². The summed E-state index contributed by atoms with van der Waals surface area (Å²) in [6.07, 6.45) is 1.13. The van der Waals surface area contributed by atoms with Gasteiger partial charge in [-0.2, -0.15) is 0 Å². The number of rotatable bonds is 1. The fourth-order valence-corrected chi connectivity index (χ4v) is 3.25. The van der Waals surface area contributed by atoms with E-state index < -0.39 is 6.04 Å². The van der Waals surface area contributed by atoms with Crippen LogP contribution in [0, 0.1) is 11.2 Å². The average molecular weight is 302 g/mol. The van der Waals surface area contributed by atoms with Crippen LogP contribution < -0.4 is 5.32 Å². The van der Waals surface area contributed by atoms with Gasteiger partial charge in [-0.3, -0.25) is 4.79 Å². The first-order chi connectivity index (χ1) is 10.3. The molecule has 0 aromatic heterocycles. The molecule has 116 valence electrons. The largest absolute Gasteiger partial charge is 0.327 e. The summed E-state index contributed by atoms with van der Waals surface area (Å²) in [4.78, 5) is 26.4. The van der Waals surface area contributed by atoms with E-state index in [1.54, 1.807) is 19.2 Å². The van der Waals surface area contributed by atoms with Gasteiger partial charge in [-0.15, -0.1) is 0 Å². The van der Waals surface area contributed by atoms with E-state index in [4.69, 9.17) is 0 Å². The second-order valence-corrected chi connectivity index (χ2v) is 6.79. The molecule has 1 heterocycles. The summed E-state index contributed by atoms with van der Waals surface area (Å²) in [5, 5.41) is 2.84. The molecule has 5 heteroatoms. The summed E-state index contributed by atoms with van der Waals surface area (Å²) in [6.45, 7) is 4.06. The van der Waals surface area contributed by atoms with Crippen molar-refractivity contribution >= 4 is 11.8 Å². The first-order valence-corrected chi connectivity index (χ1v) is 7.34. The number of benzene rings is 1. The second kappa shape index (κ2) is 4.93. The molecule has 1 aliphatic heterocycles. The molecule has 0 bridgehead atoms. The van der Waals surface area contributed by atoms with Crippen LogP contribution >= 0.6 is 0 Å². The number of Topliss-reactive ketones (excluding diaryl/α,β-unsaturated/α-hetero) is 1. The Labute approximate surface area is 129 Å². The highest BCUT2D eigenvalue weighted by molar-refractivity contribution is 6.01. The van der Waals surface area contributed by atoms with Crippen LogP contribution in [-0.2, 0) is 4.79 Å². The summed E-state index contributed by atoms with van der Waals surface area (Å²) in [6, 6.07) is 5.18. The Morgan fingerprint density at radius 1 is 1.18 bits per heavy atom.